The van der Waals surface area contributed by atoms with Crippen LogP contribution in [0.1, 0.15) is 103 Å². The Hall–Kier alpha value is -3.91. The summed E-state index contributed by atoms with van der Waals surface area (Å²) in [5.41, 5.74) is 0.506. The van der Waals surface area contributed by atoms with E-state index < -0.39 is 34.3 Å². The zero-order valence-corrected chi connectivity index (χ0v) is 29.9. The van der Waals surface area contributed by atoms with E-state index in [2.05, 4.69) is 32.9 Å². The van der Waals surface area contributed by atoms with Gasteiger partial charge in [0.25, 0.3) is 0 Å². The smallest absolute Gasteiger partial charge is 0.333 e. The molecule has 7 rings (SSSR count). The predicted octanol–water partition coefficient (Wildman–Crippen LogP) is 7.63. The van der Waals surface area contributed by atoms with Crippen molar-refractivity contribution < 1.29 is 38.1 Å². The van der Waals surface area contributed by atoms with Crippen molar-refractivity contribution >= 4 is 23.6 Å². The summed E-state index contributed by atoms with van der Waals surface area (Å²) in [6.07, 6.45) is 14.4. The first-order valence-electron chi connectivity index (χ1n) is 16.9. The lowest BCUT2D eigenvalue weighted by Crippen LogP contribution is -2.72. The molecule has 6 aliphatic rings. The molecule has 1 spiro atoms. The van der Waals surface area contributed by atoms with Crippen LogP contribution in [0.3, 0.4) is 0 Å². The fourth-order valence-electron chi connectivity index (χ4n) is 8.52. The van der Waals surface area contributed by atoms with E-state index in [1.807, 2.05) is 39.8 Å². The van der Waals surface area contributed by atoms with E-state index in [0.717, 1.165) is 24.0 Å². The lowest BCUT2D eigenvalue weighted by atomic mass is 9.51. The molecule has 1 aromatic rings. The molecule has 8 heteroatoms. The first-order valence-corrected chi connectivity index (χ1v) is 16.9. The van der Waals surface area contributed by atoms with Crippen LogP contribution in [-0.4, -0.2) is 54.2 Å². The van der Waals surface area contributed by atoms with Gasteiger partial charge in [0.1, 0.15) is 28.4 Å². The minimum absolute atomic E-state index is 0.0518. The van der Waals surface area contributed by atoms with Gasteiger partial charge in [-0.25, -0.2) is 4.79 Å². The van der Waals surface area contributed by atoms with Gasteiger partial charge in [-0.05, 0) is 93.2 Å². The highest BCUT2D eigenvalue weighted by atomic mass is 16.6. The second kappa shape index (κ2) is 11.6. The van der Waals surface area contributed by atoms with E-state index in [1.54, 1.807) is 26.2 Å². The van der Waals surface area contributed by atoms with Crippen LogP contribution in [0.2, 0.25) is 0 Å². The Morgan fingerprint density at radius 2 is 1.69 bits per heavy atom. The molecule has 3 heterocycles. The topological polar surface area (TPSA) is 97.4 Å². The van der Waals surface area contributed by atoms with Gasteiger partial charge in [-0.1, -0.05) is 35.5 Å². The molecule has 3 aliphatic heterocycles. The summed E-state index contributed by atoms with van der Waals surface area (Å²) in [5.74, 6) is -0.337. The fraction of sp³-hybridized carbons (Fsp3) is 0.525. The number of hydrogen-bond acceptors (Lipinski definition) is 8. The molecule has 4 bridgehead atoms. The molecule has 5 atom stereocenters. The van der Waals surface area contributed by atoms with Crippen molar-refractivity contribution in [2.45, 2.75) is 110 Å². The third-order valence-corrected chi connectivity index (χ3v) is 10.8. The number of benzene rings is 1. The van der Waals surface area contributed by atoms with Gasteiger partial charge in [-0.2, -0.15) is 0 Å². The highest BCUT2D eigenvalue weighted by Crippen LogP contribution is 2.68. The van der Waals surface area contributed by atoms with Gasteiger partial charge < -0.3 is 23.7 Å². The summed E-state index contributed by atoms with van der Waals surface area (Å²) in [5, 5.41) is 0. The molecule has 48 heavy (non-hydrogen) atoms. The number of Topliss-reactive ketones (excluding diaryl/α,β-unsaturated/α-hetero) is 2. The summed E-state index contributed by atoms with van der Waals surface area (Å²) >= 11 is 0. The van der Waals surface area contributed by atoms with Crippen LogP contribution in [0.25, 0.3) is 6.08 Å². The maximum absolute atomic E-state index is 15.0. The van der Waals surface area contributed by atoms with Crippen LogP contribution < -0.4 is 14.2 Å². The molecule has 1 saturated carbocycles. The summed E-state index contributed by atoms with van der Waals surface area (Å²) in [6.45, 7) is 15.9. The number of esters is 1. The molecule has 2 fully saturated rings. The van der Waals surface area contributed by atoms with Gasteiger partial charge in [0, 0.05) is 35.0 Å². The van der Waals surface area contributed by atoms with Gasteiger partial charge in [0.05, 0.1) is 25.4 Å². The number of hydrogen-bond donors (Lipinski definition) is 0. The maximum Gasteiger partial charge on any atom is 0.333 e. The van der Waals surface area contributed by atoms with E-state index in [-0.39, 0.29) is 23.9 Å². The number of methoxy groups -OCH3 is 2. The quantitative estimate of drug-likeness (QED) is 0.152. The SMILES string of the molecule is COC(=O)/C(C)=C/CC12OC(C)(C)C3CC(C=C4C(=O)c5c(OC)c6c(c(CC=C(C)C)c5OC431)OC(C)(CCC=C(C)C)C=C6)C2=O. The molecule has 0 aromatic heterocycles. The Bertz CT molecular complexity index is 1760. The predicted molar refractivity (Wildman–Crippen MR) is 184 cm³/mol. The van der Waals surface area contributed by atoms with Gasteiger partial charge in [-0.15, -0.1) is 0 Å². The number of fused-ring (bicyclic) bond motifs is 2. The summed E-state index contributed by atoms with van der Waals surface area (Å²) < 4.78 is 32.1. The lowest BCUT2D eigenvalue weighted by Gasteiger charge is -2.56. The number of rotatable bonds is 9. The second-order valence-corrected chi connectivity index (χ2v) is 15.1. The van der Waals surface area contributed by atoms with Crippen LogP contribution in [0.4, 0.5) is 0 Å². The Morgan fingerprint density at radius 3 is 2.33 bits per heavy atom. The largest absolute Gasteiger partial charge is 0.495 e. The van der Waals surface area contributed by atoms with Crippen molar-refractivity contribution in [3.8, 4) is 17.2 Å². The average molecular weight is 657 g/mol. The van der Waals surface area contributed by atoms with E-state index in [9.17, 15) is 9.59 Å². The zero-order chi connectivity index (χ0) is 35.0. The van der Waals surface area contributed by atoms with Crippen LogP contribution in [0, 0.1) is 11.8 Å². The van der Waals surface area contributed by atoms with Crippen molar-refractivity contribution in [3.63, 3.8) is 0 Å². The fourth-order valence-corrected chi connectivity index (χ4v) is 8.52. The Morgan fingerprint density at radius 1 is 0.979 bits per heavy atom. The van der Waals surface area contributed by atoms with Gasteiger partial charge in [0.2, 0.25) is 0 Å². The molecule has 8 nitrogen and oxygen atoms in total. The van der Waals surface area contributed by atoms with E-state index >= 15 is 4.79 Å². The minimum Gasteiger partial charge on any atom is -0.495 e. The number of ketones is 2. The highest BCUT2D eigenvalue weighted by Gasteiger charge is 2.81. The Kier molecular flexibility index (Phi) is 8.22. The van der Waals surface area contributed by atoms with Crippen LogP contribution >= 0.6 is 0 Å². The normalized spacial score (nSPS) is 30.3. The van der Waals surface area contributed by atoms with Gasteiger partial charge in [-0.3, -0.25) is 9.59 Å². The Labute approximate surface area is 283 Å². The summed E-state index contributed by atoms with van der Waals surface area (Å²) in [6, 6.07) is 0. The number of allylic oxidation sites excluding steroid dienone is 5. The molecule has 0 N–H and O–H groups in total. The molecule has 3 aliphatic carbocycles. The monoisotopic (exact) mass is 656 g/mol. The highest BCUT2D eigenvalue weighted by molar-refractivity contribution is 6.19. The van der Waals surface area contributed by atoms with Crippen LogP contribution in [0.5, 0.6) is 17.2 Å². The standard InChI is InChI=1S/C40H48O8/c1-22(2)12-11-17-38(8)18-16-27-32(46-38)26(14-13-23(3)4)34-30(33(27)44-9)31(41)28-20-25-21-29-37(6,7)48-39(35(25)42,40(28,29)47-34)19-15-24(5)36(43)45-10/h12-13,15-16,18,20,25,29H,11,14,17,19,21H2,1-10H3/b24-15+. The average Bonchev–Trinajstić information content (AvgIpc) is 3.18. The van der Waals surface area contributed by atoms with Crippen molar-refractivity contribution in [1.82, 2.24) is 0 Å². The first kappa shape index (κ1) is 34.0. The molecule has 0 radical (unpaired) electrons. The van der Waals surface area contributed by atoms with Gasteiger partial charge >= 0.3 is 5.97 Å². The molecule has 256 valence electrons. The van der Waals surface area contributed by atoms with Crippen molar-refractivity contribution in [2.24, 2.45) is 11.8 Å². The number of ether oxygens (including phenoxy) is 5. The third-order valence-electron chi connectivity index (χ3n) is 10.8. The van der Waals surface area contributed by atoms with E-state index in [1.165, 1.54) is 12.7 Å². The lowest BCUT2D eigenvalue weighted by molar-refractivity contribution is -0.171. The van der Waals surface area contributed by atoms with Crippen molar-refractivity contribution in [1.29, 1.82) is 0 Å². The second-order valence-electron chi connectivity index (χ2n) is 15.1. The molecule has 0 amide bonds. The van der Waals surface area contributed by atoms with Crippen molar-refractivity contribution in [3.05, 3.63) is 69.4 Å². The van der Waals surface area contributed by atoms with Crippen molar-refractivity contribution in [2.75, 3.05) is 14.2 Å². The zero-order valence-electron chi connectivity index (χ0n) is 29.9. The molecule has 1 saturated heterocycles. The van der Waals surface area contributed by atoms with E-state index in [0.29, 0.717) is 52.4 Å². The summed E-state index contributed by atoms with van der Waals surface area (Å²) in [4.78, 5) is 41.9. The Balaban J connectivity index is 1.60. The van der Waals surface area contributed by atoms with Crippen LogP contribution in [-0.2, 0) is 25.5 Å². The number of carbonyl (C=O) groups is 3. The summed E-state index contributed by atoms with van der Waals surface area (Å²) in [7, 11) is 2.88. The number of carbonyl (C=O) groups excluding carboxylic acids is 3. The molecular weight excluding hydrogens is 608 g/mol. The van der Waals surface area contributed by atoms with E-state index in [4.69, 9.17) is 23.7 Å². The van der Waals surface area contributed by atoms with Crippen LogP contribution in [0.15, 0.2) is 52.7 Å². The molecular formula is C40H48O8. The third kappa shape index (κ3) is 4.85. The molecule has 1 aromatic carbocycles. The minimum atomic E-state index is -1.53. The maximum atomic E-state index is 15.0. The van der Waals surface area contributed by atoms with Gasteiger partial charge in [0.15, 0.2) is 22.8 Å². The molecule has 5 unspecified atom stereocenters. The first-order chi connectivity index (χ1) is 22.6.